The molecule has 0 bridgehead atoms. The molecule has 14 heavy (non-hydrogen) atoms. The third kappa shape index (κ3) is 2.40. The molecule has 1 heterocycles. The first-order valence-corrected chi connectivity index (χ1v) is 5.48. The average Bonchev–Trinajstić information content (AvgIpc) is 2.63. The monoisotopic (exact) mass is 219 g/mol. The number of carboxylic acids is 1. The third-order valence-corrected chi connectivity index (χ3v) is 3.29. The fraction of sp³-hybridized carbons (Fsp3) is 0.889. The van der Waals surface area contributed by atoms with Gasteiger partial charge < -0.3 is 10.2 Å². The van der Waals surface area contributed by atoms with Crippen molar-refractivity contribution in [2.45, 2.75) is 32.0 Å². The Morgan fingerprint density at radius 2 is 2.36 bits per heavy atom. The predicted octanol–water partition coefficient (Wildman–Crippen LogP) is 0.420. The summed E-state index contributed by atoms with van der Waals surface area (Å²) in [6.07, 6.45) is 0.787. The standard InChI is InChI=1S/C9H17NO3S/c1-6(5-14)8(11)10-4-2-3-7(10)9(12)13/h6-8,11,14H,2-5H2,1H3,(H,12,13)/t6?,7-,8?/m0/s1. The molecule has 1 fully saturated rings. The van der Waals surface area contributed by atoms with E-state index in [1.54, 1.807) is 4.90 Å². The number of hydrogen-bond acceptors (Lipinski definition) is 4. The lowest BCUT2D eigenvalue weighted by molar-refractivity contribution is -0.147. The van der Waals surface area contributed by atoms with Gasteiger partial charge in [0.15, 0.2) is 0 Å². The Bertz CT molecular complexity index is 212. The summed E-state index contributed by atoms with van der Waals surface area (Å²) >= 11 is 4.09. The van der Waals surface area contributed by atoms with Gasteiger partial charge in [-0.2, -0.15) is 12.6 Å². The second kappa shape index (κ2) is 5.00. The Morgan fingerprint density at radius 1 is 1.71 bits per heavy atom. The molecule has 1 aliphatic heterocycles. The third-order valence-electron chi connectivity index (χ3n) is 2.72. The van der Waals surface area contributed by atoms with Crippen molar-refractivity contribution >= 4 is 18.6 Å². The maximum absolute atomic E-state index is 10.9. The van der Waals surface area contributed by atoms with E-state index >= 15 is 0 Å². The Morgan fingerprint density at radius 3 is 2.86 bits per heavy atom. The van der Waals surface area contributed by atoms with Gasteiger partial charge in [-0.15, -0.1) is 0 Å². The number of carbonyl (C=O) groups is 1. The number of thiol groups is 1. The Balaban J connectivity index is 2.61. The molecule has 3 atom stereocenters. The van der Waals surface area contributed by atoms with Crippen molar-refractivity contribution in [3.63, 3.8) is 0 Å². The Labute approximate surface area is 89.3 Å². The number of carboxylic acid groups (broad SMARTS) is 1. The predicted molar refractivity (Wildman–Crippen MR) is 56.4 cm³/mol. The van der Waals surface area contributed by atoms with Crippen molar-refractivity contribution in [1.29, 1.82) is 0 Å². The number of likely N-dealkylation sites (tertiary alicyclic amines) is 1. The highest BCUT2D eigenvalue weighted by atomic mass is 32.1. The van der Waals surface area contributed by atoms with Crippen molar-refractivity contribution in [3.8, 4) is 0 Å². The van der Waals surface area contributed by atoms with Crippen LogP contribution in [0.2, 0.25) is 0 Å². The first kappa shape index (κ1) is 11.8. The molecule has 0 aromatic rings. The van der Waals surface area contributed by atoms with Crippen molar-refractivity contribution in [3.05, 3.63) is 0 Å². The van der Waals surface area contributed by atoms with Gasteiger partial charge >= 0.3 is 5.97 Å². The van der Waals surface area contributed by atoms with Crippen LogP contribution >= 0.6 is 12.6 Å². The maximum Gasteiger partial charge on any atom is 0.320 e. The first-order valence-electron chi connectivity index (χ1n) is 4.85. The van der Waals surface area contributed by atoms with Gasteiger partial charge in [-0.3, -0.25) is 9.69 Å². The number of aliphatic carboxylic acids is 1. The SMILES string of the molecule is CC(CS)C(O)N1CCC[C@H]1C(=O)O. The van der Waals surface area contributed by atoms with Gasteiger partial charge in [0.2, 0.25) is 0 Å². The summed E-state index contributed by atoms with van der Waals surface area (Å²) in [6, 6.07) is -0.521. The van der Waals surface area contributed by atoms with Crippen LogP contribution in [-0.2, 0) is 4.79 Å². The molecule has 2 unspecified atom stereocenters. The molecule has 1 rings (SSSR count). The fourth-order valence-corrected chi connectivity index (χ4v) is 1.98. The second-order valence-corrected chi connectivity index (χ2v) is 4.17. The van der Waals surface area contributed by atoms with Crippen LogP contribution in [0.25, 0.3) is 0 Å². The van der Waals surface area contributed by atoms with Crippen LogP contribution in [0.1, 0.15) is 19.8 Å². The summed E-state index contributed by atoms with van der Waals surface area (Å²) in [4.78, 5) is 12.5. The summed E-state index contributed by atoms with van der Waals surface area (Å²) in [5.74, 6) is -0.282. The van der Waals surface area contributed by atoms with E-state index in [-0.39, 0.29) is 5.92 Å². The summed E-state index contributed by atoms with van der Waals surface area (Å²) < 4.78 is 0. The lowest BCUT2D eigenvalue weighted by Gasteiger charge is -2.30. The van der Waals surface area contributed by atoms with Gasteiger partial charge in [-0.25, -0.2) is 0 Å². The smallest absolute Gasteiger partial charge is 0.320 e. The highest BCUT2D eigenvalue weighted by Gasteiger charge is 2.36. The summed E-state index contributed by atoms with van der Waals surface area (Å²) in [5.41, 5.74) is 0. The van der Waals surface area contributed by atoms with Gasteiger partial charge in [-0.05, 0) is 18.6 Å². The van der Waals surface area contributed by atoms with Crippen LogP contribution in [0.3, 0.4) is 0 Å². The zero-order valence-electron chi connectivity index (χ0n) is 8.26. The van der Waals surface area contributed by atoms with Gasteiger partial charge in [-0.1, -0.05) is 6.92 Å². The van der Waals surface area contributed by atoms with E-state index < -0.39 is 18.2 Å². The topological polar surface area (TPSA) is 60.8 Å². The second-order valence-electron chi connectivity index (χ2n) is 3.81. The van der Waals surface area contributed by atoms with Crippen molar-refractivity contribution in [1.82, 2.24) is 4.90 Å². The molecule has 2 N–H and O–H groups in total. The number of nitrogens with zero attached hydrogens (tertiary/aromatic N) is 1. The Kier molecular flexibility index (Phi) is 4.22. The van der Waals surface area contributed by atoms with E-state index in [0.717, 1.165) is 6.42 Å². The molecule has 0 aromatic heterocycles. The minimum absolute atomic E-state index is 0.00159. The lowest BCUT2D eigenvalue weighted by Crippen LogP contribution is -2.46. The van der Waals surface area contributed by atoms with E-state index in [1.165, 1.54) is 0 Å². The Hall–Kier alpha value is -0.260. The number of rotatable bonds is 4. The van der Waals surface area contributed by atoms with Crippen molar-refractivity contribution in [2.75, 3.05) is 12.3 Å². The molecule has 0 amide bonds. The normalized spacial score (nSPS) is 27.5. The van der Waals surface area contributed by atoms with Crippen LogP contribution in [0, 0.1) is 5.92 Å². The number of aliphatic hydroxyl groups is 1. The number of aliphatic hydroxyl groups excluding tert-OH is 1. The molecule has 0 aliphatic carbocycles. The molecular formula is C9H17NO3S. The average molecular weight is 219 g/mol. The van der Waals surface area contributed by atoms with Gasteiger partial charge in [0, 0.05) is 12.5 Å². The molecule has 0 radical (unpaired) electrons. The lowest BCUT2D eigenvalue weighted by atomic mass is 10.1. The van der Waals surface area contributed by atoms with E-state index in [2.05, 4.69) is 12.6 Å². The van der Waals surface area contributed by atoms with Crippen molar-refractivity contribution < 1.29 is 15.0 Å². The zero-order valence-corrected chi connectivity index (χ0v) is 9.15. The molecule has 0 aromatic carbocycles. The molecule has 5 heteroatoms. The molecule has 0 saturated carbocycles. The first-order chi connectivity index (χ1) is 6.57. The van der Waals surface area contributed by atoms with Gasteiger partial charge in [0.1, 0.15) is 12.3 Å². The summed E-state index contributed by atoms with van der Waals surface area (Å²) in [7, 11) is 0. The summed E-state index contributed by atoms with van der Waals surface area (Å²) in [6.45, 7) is 2.53. The largest absolute Gasteiger partial charge is 0.480 e. The molecule has 82 valence electrons. The zero-order chi connectivity index (χ0) is 10.7. The van der Waals surface area contributed by atoms with E-state index in [4.69, 9.17) is 5.11 Å². The molecular weight excluding hydrogens is 202 g/mol. The van der Waals surface area contributed by atoms with E-state index in [1.807, 2.05) is 6.92 Å². The number of hydrogen-bond donors (Lipinski definition) is 3. The van der Waals surface area contributed by atoms with Crippen LogP contribution < -0.4 is 0 Å². The van der Waals surface area contributed by atoms with Crippen LogP contribution in [0.4, 0.5) is 0 Å². The minimum Gasteiger partial charge on any atom is -0.480 e. The quantitative estimate of drug-likeness (QED) is 0.600. The molecule has 1 saturated heterocycles. The van der Waals surface area contributed by atoms with E-state index in [0.29, 0.717) is 18.7 Å². The van der Waals surface area contributed by atoms with Crippen LogP contribution in [0.15, 0.2) is 0 Å². The van der Waals surface area contributed by atoms with Crippen LogP contribution in [0.5, 0.6) is 0 Å². The molecule has 4 nitrogen and oxygen atoms in total. The van der Waals surface area contributed by atoms with Gasteiger partial charge in [0.25, 0.3) is 0 Å². The van der Waals surface area contributed by atoms with Crippen LogP contribution in [-0.4, -0.2) is 45.6 Å². The molecule has 1 aliphatic rings. The van der Waals surface area contributed by atoms with E-state index in [9.17, 15) is 9.90 Å². The minimum atomic E-state index is -0.840. The molecule has 0 spiro atoms. The summed E-state index contributed by atoms with van der Waals surface area (Å²) in [5, 5.41) is 18.8. The maximum atomic E-state index is 10.9. The highest BCUT2D eigenvalue weighted by molar-refractivity contribution is 7.80. The van der Waals surface area contributed by atoms with Gasteiger partial charge in [0.05, 0.1) is 0 Å². The van der Waals surface area contributed by atoms with Crippen molar-refractivity contribution in [2.24, 2.45) is 5.92 Å². The highest BCUT2D eigenvalue weighted by Crippen LogP contribution is 2.23. The fourth-order valence-electron chi connectivity index (χ4n) is 1.79.